The van der Waals surface area contributed by atoms with Crippen molar-refractivity contribution in [2.75, 3.05) is 13.7 Å². The van der Waals surface area contributed by atoms with Crippen LogP contribution in [0, 0.1) is 10.1 Å². The topological polar surface area (TPSA) is 99.9 Å². The number of nitrogens with zero attached hydrogens (tertiary/aromatic N) is 1. The van der Waals surface area contributed by atoms with Gasteiger partial charge < -0.3 is 19.5 Å². The first-order valence-electron chi connectivity index (χ1n) is 7.61. The summed E-state index contributed by atoms with van der Waals surface area (Å²) in [7, 11) is 1.37. The van der Waals surface area contributed by atoms with Crippen molar-refractivity contribution in [2.45, 2.75) is 45.9 Å². The molecule has 8 nitrogen and oxygen atoms in total. The van der Waals surface area contributed by atoms with Crippen molar-refractivity contribution < 1.29 is 23.9 Å². The van der Waals surface area contributed by atoms with E-state index in [-0.39, 0.29) is 30.7 Å². The summed E-state index contributed by atoms with van der Waals surface area (Å²) in [5, 5.41) is 13.8. The molecule has 0 aromatic heterocycles. The Morgan fingerprint density at radius 1 is 1.40 bits per heavy atom. The van der Waals surface area contributed by atoms with Crippen LogP contribution in [0.3, 0.4) is 0 Å². The number of amides is 1. The van der Waals surface area contributed by atoms with E-state index >= 15 is 0 Å². The second-order valence-electron chi connectivity index (χ2n) is 6.45. The Hall–Kier alpha value is -1.87. The number of rotatable bonds is 7. The SMILES string of the molecule is COc1c(Br)cc(COC[C@@H](C)NC(=O)OC(C)(C)C)cc1[N+](=O)[O-]. The van der Waals surface area contributed by atoms with Gasteiger partial charge >= 0.3 is 11.8 Å². The molecule has 1 atom stereocenters. The van der Waals surface area contributed by atoms with Crippen molar-refractivity contribution in [2.24, 2.45) is 0 Å². The standard InChI is InChI=1S/C16H23BrN2O6/c1-10(18-15(20)25-16(2,3)4)8-24-9-11-6-12(17)14(23-5)13(7-11)19(21)22/h6-7,10H,8-9H2,1-5H3,(H,18,20)/t10-/m1/s1. The first-order valence-corrected chi connectivity index (χ1v) is 8.41. The fourth-order valence-electron chi connectivity index (χ4n) is 1.96. The van der Waals surface area contributed by atoms with E-state index in [0.29, 0.717) is 10.0 Å². The molecule has 25 heavy (non-hydrogen) atoms. The molecule has 1 amide bonds. The quantitative estimate of drug-likeness (QED) is 0.533. The summed E-state index contributed by atoms with van der Waals surface area (Å²) >= 11 is 3.25. The number of alkyl carbamates (subject to hydrolysis) is 1. The van der Waals surface area contributed by atoms with E-state index in [1.165, 1.54) is 13.2 Å². The van der Waals surface area contributed by atoms with Crippen LogP contribution in [-0.2, 0) is 16.1 Å². The van der Waals surface area contributed by atoms with E-state index in [0.717, 1.165) is 0 Å². The van der Waals surface area contributed by atoms with Crippen molar-refractivity contribution in [3.63, 3.8) is 0 Å². The Kier molecular flexibility index (Phi) is 7.62. The third-order valence-electron chi connectivity index (χ3n) is 2.88. The molecule has 1 aromatic rings. The minimum atomic E-state index is -0.570. The Morgan fingerprint density at radius 2 is 2.04 bits per heavy atom. The molecule has 1 aromatic carbocycles. The Bertz CT molecular complexity index is 630. The van der Waals surface area contributed by atoms with Crippen LogP contribution in [-0.4, -0.2) is 36.4 Å². The number of halogens is 1. The lowest BCUT2D eigenvalue weighted by atomic mass is 10.2. The fraction of sp³-hybridized carbons (Fsp3) is 0.562. The van der Waals surface area contributed by atoms with E-state index in [1.54, 1.807) is 33.8 Å². The van der Waals surface area contributed by atoms with Gasteiger partial charge in [-0.15, -0.1) is 0 Å². The van der Waals surface area contributed by atoms with Crippen molar-refractivity contribution in [3.8, 4) is 5.75 Å². The summed E-state index contributed by atoms with van der Waals surface area (Å²) in [6.45, 7) is 7.50. The molecule has 0 radical (unpaired) electrons. The second kappa shape index (κ2) is 9.00. The monoisotopic (exact) mass is 418 g/mol. The molecule has 0 aliphatic carbocycles. The number of hydrogen-bond donors (Lipinski definition) is 1. The number of hydrogen-bond acceptors (Lipinski definition) is 6. The first kappa shape index (κ1) is 21.2. The number of nitro groups is 1. The number of carbonyl (C=O) groups excluding carboxylic acids is 1. The molecule has 0 saturated heterocycles. The van der Waals surface area contributed by atoms with Crippen LogP contribution >= 0.6 is 15.9 Å². The predicted molar refractivity (Wildman–Crippen MR) is 95.8 cm³/mol. The van der Waals surface area contributed by atoms with Crippen LogP contribution in [0.25, 0.3) is 0 Å². The highest BCUT2D eigenvalue weighted by Crippen LogP contribution is 2.36. The summed E-state index contributed by atoms with van der Waals surface area (Å²) in [4.78, 5) is 22.2. The molecule has 0 fully saturated rings. The van der Waals surface area contributed by atoms with Gasteiger partial charge in [0.1, 0.15) is 5.60 Å². The number of nitro benzene ring substituents is 1. The fourth-order valence-corrected chi connectivity index (χ4v) is 2.62. The molecule has 1 rings (SSSR count). The third kappa shape index (κ3) is 7.27. The van der Waals surface area contributed by atoms with Gasteiger partial charge in [-0.2, -0.15) is 0 Å². The zero-order valence-electron chi connectivity index (χ0n) is 14.9. The van der Waals surface area contributed by atoms with Crippen LogP contribution in [0.4, 0.5) is 10.5 Å². The Morgan fingerprint density at radius 3 is 2.56 bits per heavy atom. The molecule has 0 saturated carbocycles. The molecule has 0 aliphatic heterocycles. The van der Waals surface area contributed by atoms with Gasteiger partial charge in [-0.25, -0.2) is 4.79 Å². The number of benzene rings is 1. The number of ether oxygens (including phenoxy) is 3. The van der Waals surface area contributed by atoms with Gasteiger partial charge in [0.25, 0.3) is 0 Å². The van der Waals surface area contributed by atoms with E-state index < -0.39 is 16.6 Å². The van der Waals surface area contributed by atoms with Crippen molar-refractivity contribution in [3.05, 3.63) is 32.3 Å². The molecule has 0 aliphatic rings. The molecule has 0 unspecified atom stereocenters. The normalized spacial score (nSPS) is 12.4. The van der Waals surface area contributed by atoms with Crippen LogP contribution in [0.1, 0.15) is 33.3 Å². The average Bonchev–Trinajstić information content (AvgIpc) is 2.44. The Labute approximate surface area is 155 Å². The summed E-state index contributed by atoms with van der Waals surface area (Å²) in [5.74, 6) is 0.161. The summed E-state index contributed by atoms with van der Waals surface area (Å²) in [5.41, 5.74) is -0.0989. The molecule has 1 N–H and O–H groups in total. The van der Waals surface area contributed by atoms with Gasteiger partial charge in [-0.1, -0.05) is 0 Å². The maximum absolute atomic E-state index is 11.7. The van der Waals surface area contributed by atoms with Gasteiger partial charge in [0.2, 0.25) is 5.75 Å². The highest BCUT2D eigenvalue weighted by molar-refractivity contribution is 9.10. The zero-order valence-corrected chi connectivity index (χ0v) is 16.5. The van der Waals surface area contributed by atoms with Crippen LogP contribution in [0.15, 0.2) is 16.6 Å². The Balaban J connectivity index is 2.59. The van der Waals surface area contributed by atoms with Gasteiger partial charge in [0.05, 0.1) is 35.8 Å². The summed E-state index contributed by atoms with van der Waals surface area (Å²) in [6.07, 6.45) is -0.522. The highest BCUT2D eigenvalue weighted by Gasteiger charge is 2.20. The van der Waals surface area contributed by atoms with Crippen LogP contribution < -0.4 is 10.1 Å². The van der Waals surface area contributed by atoms with E-state index in [2.05, 4.69) is 21.2 Å². The maximum atomic E-state index is 11.7. The van der Waals surface area contributed by atoms with Crippen LogP contribution in [0.5, 0.6) is 5.75 Å². The van der Waals surface area contributed by atoms with E-state index in [4.69, 9.17) is 14.2 Å². The molecule has 0 heterocycles. The smallest absolute Gasteiger partial charge is 0.407 e. The van der Waals surface area contributed by atoms with Crippen molar-refractivity contribution >= 4 is 27.7 Å². The van der Waals surface area contributed by atoms with Crippen molar-refractivity contribution in [1.29, 1.82) is 0 Å². The number of methoxy groups -OCH3 is 1. The van der Waals surface area contributed by atoms with Crippen LogP contribution in [0.2, 0.25) is 0 Å². The molecule has 140 valence electrons. The lowest BCUT2D eigenvalue weighted by Gasteiger charge is -2.22. The average molecular weight is 419 g/mol. The lowest BCUT2D eigenvalue weighted by molar-refractivity contribution is -0.385. The first-order chi connectivity index (χ1) is 11.5. The predicted octanol–water partition coefficient (Wildman–Crippen LogP) is 3.80. The molecular formula is C16H23BrN2O6. The third-order valence-corrected chi connectivity index (χ3v) is 3.47. The minimum absolute atomic E-state index is 0.143. The maximum Gasteiger partial charge on any atom is 0.407 e. The molecular weight excluding hydrogens is 396 g/mol. The van der Waals surface area contributed by atoms with E-state index in [9.17, 15) is 14.9 Å². The summed E-state index contributed by atoms with van der Waals surface area (Å²) < 4.78 is 16.2. The zero-order chi connectivity index (χ0) is 19.2. The second-order valence-corrected chi connectivity index (χ2v) is 7.30. The largest absolute Gasteiger partial charge is 0.489 e. The number of carbonyl (C=O) groups is 1. The van der Waals surface area contributed by atoms with Crippen molar-refractivity contribution in [1.82, 2.24) is 5.32 Å². The van der Waals surface area contributed by atoms with E-state index in [1.807, 2.05) is 0 Å². The van der Waals surface area contributed by atoms with Gasteiger partial charge in [-0.3, -0.25) is 10.1 Å². The summed E-state index contributed by atoms with van der Waals surface area (Å²) in [6, 6.07) is 2.82. The highest BCUT2D eigenvalue weighted by atomic mass is 79.9. The molecule has 9 heteroatoms. The van der Waals surface area contributed by atoms with Gasteiger partial charge in [-0.05, 0) is 55.3 Å². The van der Waals surface area contributed by atoms with Gasteiger partial charge in [0.15, 0.2) is 0 Å². The lowest BCUT2D eigenvalue weighted by Crippen LogP contribution is -2.39. The molecule has 0 bridgehead atoms. The molecule has 0 spiro atoms. The van der Waals surface area contributed by atoms with Gasteiger partial charge in [0, 0.05) is 6.07 Å². The minimum Gasteiger partial charge on any atom is -0.489 e. The number of nitrogens with one attached hydrogen (secondary N) is 1.